The van der Waals surface area contributed by atoms with Crippen LogP contribution >= 0.6 is 0 Å². The second-order valence-electron chi connectivity index (χ2n) is 8.29. The summed E-state index contributed by atoms with van der Waals surface area (Å²) < 4.78 is 14.0. The molecule has 7 nitrogen and oxygen atoms in total. The molecule has 0 radical (unpaired) electrons. The summed E-state index contributed by atoms with van der Waals surface area (Å²) in [6, 6.07) is 0.324. The number of morpholine rings is 1. The average molecular weight is 377 g/mol. The molecule has 2 saturated heterocycles. The quantitative estimate of drug-likeness (QED) is 0.847. The maximum absolute atomic E-state index is 12.6. The van der Waals surface area contributed by atoms with E-state index in [0.29, 0.717) is 25.7 Å². The molecule has 1 aromatic rings. The summed E-state index contributed by atoms with van der Waals surface area (Å²) in [5.41, 5.74) is 0.868. The molecule has 0 aromatic carbocycles. The van der Waals surface area contributed by atoms with E-state index in [4.69, 9.17) is 9.47 Å². The molecule has 1 aliphatic carbocycles. The van der Waals surface area contributed by atoms with Gasteiger partial charge in [-0.25, -0.2) is 0 Å². The molecule has 1 saturated carbocycles. The Balaban J connectivity index is 1.31. The maximum atomic E-state index is 12.6. The number of amides is 1. The van der Waals surface area contributed by atoms with Gasteiger partial charge in [-0.05, 0) is 19.8 Å². The number of hydrogen-bond acceptors (Lipinski definition) is 5. The molecule has 4 rings (SSSR count). The number of aromatic nitrogens is 2. The molecule has 1 spiro atoms. The van der Waals surface area contributed by atoms with Crippen molar-refractivity contribution in [2.45, 2.75) is 76.3 Å². The third-order valence-electron chi connectivity index (χ3n) is 6.09. The van der Waals surface area contributed by atoms with Crippen molar-refractivity contribution in [3.63, 3.8) is 0 Å². The summed E-state index contributed by atoms with van der Waals surface area (Å²) in [7, 11) is 0. The molecule has 27 heavy (non-hydrogen) atoms. The Bertz CT molecular complexity index is 643. The highest BCUT2D eigenvalue weighted by Gasteiger charge is 2.47. The number of carbonyl (C=O) groups excluding carboxylic acids is 1. The van der Waals surface area contributed by atoms with Gasteiger partial charge >= 0.3 is 0 Å². The molecule has 7 heteroatoms. The average Bonchev–Trinajstić information content (AvgIpc) is 3.30. The van der Waals surface area contributed by atoms with Crippen molar-refractivity contribution in [1.29, 1.82) is 0 Å². The van der Waals surface area contributed by atoms with E-state index in [-0.39, 0.29) is 17.6 Å². The lowest BCUT2D eigenvalue weighted by Crippen LogP contribution is -2.52. The van der Waals surface area contributed by atoms with Crippen molar-refractivity contribution in [1.82, 2.24) is 20.0 Å². The van der Waals surface area contributed by atoms with Crippen molar-refractivity contribution in [2.24, 2.45) is 0 Å². The Morgan fingerprint density at radius 3 is 3.00 bits per heavy atom. The number of ether oxygens (including phenoxy) is 2. The second kappa shape index (κ2) is 8.29. The van der Waals surface area contributed by atoms with E-state index in [1.165, 1.54) is 24.8 Å². The van der Waals surface area contributed by atoms with Crippen LogP contribution in [0.2, 0.25) is 0 Å². The van der Waals surface area contributed by atoms with Crippen molar-refractivity contribution >= 4 is 5.91 Å². The monoisotopic (exact) mass is 376 g/mol. The Labute approximate surface area is 161 Å². The van der Waals surface area contributed by atoms with E-state index in [1.54, 1.807) is 0 Å². The molecule has 2 aliphatic heterocycles. The zero-order valence-electron chi connectivity index (χ0n) is 16.4. The highest BCUT2D eigenvalue weighted by Crippen LogP contribution is 2.32. The fraction of sp³-hybridized carbons (Fsp3) is 0.800. The minimum atomic E-state index is -0.380. The van der Waals surface area contributed by atoms with Crippen LogP contribution in [0, 0.1) is 0 Å². The van der Waals surface area contributed by atoms with E-state index in [1.807, 2.05) is 10.9 Å². The Morgan fingerprint density at radius 2 is 2.22 bits per heavy atom. The molecule has 2 atom stereocenters. The van der Waals surface area contributed by atoms with Crippen molar-refractivity contribution in [3.05, 3.63) is 18.0 Å². The summed E-state index contributed by atoms with van der Waals surface area (Å²) in [6.45, 7) is 6.73. The highest BCUT2D eigenvalue weighted by molar-refractivity contribution is 5.81. The minimum Gasteiger partial charge on any atom is -0.370 e. The molecule has 0 bridgehead atoms. The third-order valence-corrected chi connectivity index (χ3v) is 6.09. The lowest BCUT2D eigenvalue weighted by molar-refractivity contribution is -0.131. The lowest BCUT2D eigenvalue weighted by Gasteiger charge is -2.39. The number of rotatable bonds is 5. The first kappa shape index (κ1) is 18.9. The van der Waals surface area contributed by atoms with Crippen LogP contribution in [0.1, 0.15) is 51.0 Å². The molecule has 1 aromatic heterocycles. The molecule has 3 aliphatic rings. The summed E-state index contributed by atoms with van der Waals surface area (Å²) in [6.07, 6.45) is 10.2. The smallest absolute Gasteiger partial charge is 0.249 e. The fourth-order valence-electron chi connectivity index (χ4n) is 4.61. The number of nitrogens with one attached hydrogen (secondary N) is 1. The lowest BCUT2D eigenvalue weighted by atomic mass is 9.94. The first-order chi connectivity index (χ1) is 13.2. The second-order valence-corrected chi connectivity index (χ2v) is 8.29. The van der Waals surface area contributed by atoms with Crippen LogP contribution in [0.5, 0.6) is 0 Å². The normalized spacial score (nSPS) is 30.0. The van der Waals surface area contributed by atoms with Gasteiger partial charge in [0.1, 0.15) is 11.7 Å². The Hall–Kier alpha value is -1.44. The van der Waals surface area contributed by atoms with Gasteiger partial charge < -0.3 is 14.8 Å². The van der Waals surface area contributed by atoms with E-state index in [2.05, 4.69) is 28.4 Å². The standard InChI is InChI=1S/C20H32N4O3/c1-2-24-13-16(11-21-24)12-23-8-9-27-20(14-23)10-18(26-15-20)19(25)22-17-6-4-3-5-7-17/h11,13,17-18H,2-10,12,14-15H2,1H3,(H,22,25). The van der Waals surface area contributed by atoms with E-state index in [9.17, 15) is 4.79 Å². The number of aryl methyl sites for hydroxylation is 1. The molecule has 3 fully saturated rings. The van der Waals surface area contributed by atoms with Gasteiger partial charge in [-0.15, -0.1) is 0 Å². The fourth-order valence-corrected chi connectivity index (χ4v) is 4.61. The summed E-state index contributed by atoms with van der Waals surface area (Å²) in [5, 5.41) is 7.56. The van der Waals surface area contributed by atoms with Crippen LogP contribution in [0.15, 0.2) is 12.4 Å². The van der Waals surface area contributed by atoms with Crippen LogP contribution in [0.4, 0.5) is 0 Å². The van der Waals surface area contributed by atoms with Gasteiger partial charge in [0.2, 0.25) is 5.91 Å². The van der Waals surface area contributed by atoms with Crippen molar-refractivity contribution < 1.29 is 14.3 Å². The van der Waals surface area contributed by atoms with Gasteiger partial charge in [-0.1, -0.05) is 19.3 Å². The molecule has 150 valence electrons. The van der Waals surface area contributed by atoms with Crippen LogP contribution in [0.25, 0.3) is 0 Å². The predicted octanol–water partition coefficient (Wildman–Crippen LogP) is 1.71. The van der Waals surface area contributed by atoms with Crippen molar-refractivity contribution in [2.75, 3.05) is 26.3 Å². The Kier molecular flexibility index (Phi) is 5.80. The largest absolute Gasteiger partial charge is 0.370 e. The number of nitrogens with zero attached hydrogens (tertiary/aromatic N) is 3. The predicted molar refractivity (Wildman–Crippen MR) is 101 cm³/mol. The van der Waals surface area contributed by atoms with Crippen LogP contribution in [-0.4, -0.2) is 64.6 Å². The van der Waals surface area contributed by atoms with E-state index < -0.39 is 0 Å². The number of hydrogen-bond donors (Lipinski definition) is 1. The van der Waals surface area contributed by atoms with Crippen LogP contribution in [-0.2, 0) is 27.4 Å². The Morgan fingerprint density at radius 1 is 1.37 bits per heavy atom. The molecule has 1 N–H and O–H groups in total. The van der Waals surface area contributed by atoms with Crippen molar-refractivity contribution in [3.8, 4) is 0 Å². The summed E-state index contributed by atoms with van der Waals surface area (Å²) >= 11 is 0. The molecular weight excluding hydrogens is 344 g/mol. The summed E-state index contributed by atoms with van der Waals surface area (Å²) in [4.78, 5) is 15.0. The molecule has 3 heterocycles. The van der Waals surface area contributed by atoms with Gasteiger partial charge in [0, 0.05) is 50.4 Å². The van der Waals surface area contributed by atoms with Gasteiger partial charge in [0.15, 0.2) is 0 Å². The third kappa shape index (κ3) is 4.52. The van der Waals surface area contributed by atoms with Gasteiger partial charge in [-0.3, -0.25) is 14.4 Å². The van der Waals surface area contributed by atoms with E-state index in [0.717, 1.165) is 39.0 Å². The molecular formula is C20H32N4O3. The zero-order chi connectivity index (χ0) is 18.7. The first-order valence-electron chi connectivity index (χ1n) is 10.5. The van der Waals surface area contributed by atoms with E-state index >= 15 is 0 Å². The topological polar surface area (TPSA) is 68.6 Å². The van der Waals surface area contributed by atoms with Crippen LogP contribution < -0.4 is 5.32 Å². The summed E-state index contributed by atoms with van der Waals surface area (Å²) in [5.74, 6) is 0.0451. The minimum absolute atomic E-state index is 0.0451. The van der Waals surface area contributed by atoms with Gasteiger partial charge in [-0.2, -0.15) is 5.10 Å². The molecule has 1 amide bonds. The van der Waals surface area contributed by atoms with Gasteiger partial charge in [0.25, 0.3) is 0 Å². The zero-order valence-corrected chi connectivity index (χ0v) is 16.4. The first-order valence-corrected chi connectivity index (χ1v) is 10.5. The van der Waals surface area contributed by atoms with Gasteiger partial charge in [0.05, 0.1) is 19.4 Å². The van der Waals surface area contributed by atoms with Crippen LogP contribution in [0.3, 0.4) is 0 Å². The number of carbonyl (C=O) groups is 1. The molecule has 2 unspecified atom stereocenters. The maximum Gasteiger partial charge on any atom is 0.249 e. The SMILES string of the molecule is CCn1cc(CN2CCOC3(COC(C(=O)NC4CCCCC4)C3)C2)cn1. The highest BCUT2D eigenvalue weighted by atomic mass is 16.6.